The molecule has 24 heavy (non-hydrogen) atoms. The summed E-state index contributed by atoms with van der Waals surface area (Å²) < 4.78 is 0.745. The summed E-state index contributed by atoms with van der Waals surface area (Å²) in [6, 6.07) is 8.89. The normalized spacial score (nSPS) is 11.8. The molecule has 1 amide bonds. The van der Waals surface area contributed by atoms with Gasteiger partial charge in [0.1, 0.15) is 0 Å². The minimum Gasteiger partial charge on any atom is -0.360 e. The number of aromatic nitrogens is 2. The van der Waals surface area contributed by atoms with Gasteiger partial charge in [0.15, 0.2) is 4.34 Å². The number of carbonyl (C=O) groups is 1. The van der Waals surface area contributed by atoms with E-state index in [1.54, 1.807) is 24.3 Å². The summed E-state index contributed by atoms with van der Waals surface area (Å²) in [6.07, 6.45) is 0. The highest BCUT2D eigenvalue weighted by molar-refractivity contribution is 8.02. The monoisotopic (exact) mass is 361 g/mol. The second kappa shape index (κ2) is 8.66. The molecular formula is C16H19N5OS2. The van der Waals surface area contributed by atoms with Gasteiger partial charge in [-0.25, -0.2) is 0 Å². The third-order valence-electron chi connectivity index (χ3n) is 2.97. The van der Waals surface area contributed by atoms with Crippen LogP contribution in [0.5, 0.6) is 0 Å². The van der Waals surface area contributed by atoms with Crippen molar-refractivity contribution in [3.05, 3.63) is 29.8 Å². The third-order valence-corrected chi connectivity index (χ3v) is 5.04. The van der Waals surface area contributed by atoms with E-state index in [9.17, 15) is 4.79 Å². The first kappa shape index (κ1) is 18.2. The first-order valence-electron chi connectivity index (χ1n) is 7.53. The Hall–Kier alpha value is -2.11. The van der Waals surface area contributed by atoms with Gasteiger partial charge in [0.2, 0.25) is 11.0 Å². The minimum absolute atomic E-state index is 0.137. The highest BCUT2D eigenvalue weighted by Crippen LogP contribution is 2.29. The number of benzene rings is 1. The summed E-state index contributed by atoms with van der Waals surface area (Å²) in [5.74, 6) is 0.390. The van der Waals surface area contributed by atoms with Crippen molar-refractivity contribution in [2.45, 2.75) is 30.4 Å². The molecule has 0 bridgehead atoms. The molecule has 0 radical (unpaired) electrons. The SMILES string of the molecule is CC(C)CNc1nnc(S[C@H](C)C(=O)Nc2cccc(C#N)c2)s1. The lowest BCUT2D eigenvalue weighted by Crippen LogP contribution is -2.22. The fourth-order valence-electron chi connectivity index (χ4n) is 1.74. The van der Waals surface area contributed by atoms with Gasteiger partial charge in [-0.2, -0.15) is 5.26 Å². The molecule has 1 aromatic heterocycles. The summed E-state index contributed by atoms with van der Waals surface area (Å²) >= 11 is 2.80. The van der Waals surface area contributed by atoms with Gasteiger partial charge in [-0.1, -0.05) is 43.0 Å². The van der Waals surface area contributed by atoms with Crippen molar-refractivity contribution in [2.24, 2.45) is 5.92 Å². The van der Waals surface area contributed by atoms with E-state index >= 15 is 0 Å². The Morgan fingerprint density at radius 3 is 2.88 bits per heavy atom. The Labute approximate surface area is 149 Å². The summed E-state index contributed by atoms with van der Waals surface area (Å²) in [6.45, 7) is 6.90. The highest BCUT2D eigenvalue weighted by Gasteiger charge is 2.17. The molecular weight excluding hydrogens is 342 g/mol. The lowest BCUT2D eigenvalue weighted by Gasteiger charge is -2.10. The Bertz CT molecular complexity index is 738. The van der Waals surface area contributed by atoms with Crippen LogP contribution in [-0.2, 0) is 4.79 Å². The lowest BCUT2D eigenvalue weighted by atomic mass is 10.2. The van der Waals surface area contributed by atoms with Crippen LogP contribution in [0.3, 0.4) is 0 Å². The molecule has 0 saturated carbocycles. The van der Waals surface area contributed by atoms with Crippen LogP contribution in [0.15, 0.2) is 28.6 Å². The summed E-state index contributed by atoms with van der Waals surface area (Å²) in [7, 11) is 0. The summed E-state index contributed by atoms with van der Waals surface area (Å²) in [5, 5.41) is 23.5. The number of hydrogen-bond acceptors (Lipinski definition) is 7. The number of nitriles is 1. The fraction of sp³-hybridized carbons (Fsp3) is 0.375. The summed E-state index contributed by atoms with van der Waals surface area (Å²) in [5.41, 5.74) is 1.13. The molecule has 1 atom stereocenters. The van der Waals surface area contributed by atoms with Crippen LogP contribution in [0.2, 0.25) is 0 Å². The maximum atomic E-state index is 12.3. The number of thioether (sulfide) groups is 1. The van der Waals surface area contributed by atoms with Crippen LogP contribution >= 0.6 is 23.1 Å². The van der Waals surface area contributed by atoms with Crippen LogP contribution in [0.1, 0.15) is 26.3 Å². The average Bonchev–Trinajstić information content (AvgIpc) is 3.00. The van der Waals surface area contributed by atoms with Crippen molar-refractivity contribution in [3.8, 4) is 6.07 Å². The number of nitrogens with one attached hydrogen (secondary N) is 2. The molecule has 0 aliphatic rings. The maximum Gasteiger partial charge on any atom is 0.237 e. The smallest absolute Gasteiger partial charge is 0.237 e. The second-order valence-corrected chi connectivity index (χ2v) is 8.16. The van der Waals surface area contributed by atoms with Crippen molar-refractivity contribution in [2.75, 3.05) is 17.2 Å². The van der Waals surface area contributed by atoms with Gasteiger partial charge >= 0.3 is 0 Å². The largest absolute Gasteiger partial charge is 0.360 e. The van der Waals surface area contributed by atoms with Crippen molar-refractivity contribution >= 4 is 39.8 Å². The summed E-state index contributed by atoms with van der Waals surface area (Å²) in [4.78, 5) is 12.3. The number of anilines is 2. The van der Waals surface area contributed by atoms with Gasteiger partial charge in [-0.05, 0) is 31.0 Å². The first-order chi connectivity index (χ1) is 11.5. The molecule has 0 saturated heterocycles. The molecule has 2 N–H and O–H groups in total. The van der Waals surface area contributed by atoms with E-state index in [1.165, 1.54) is 23.1 Å². The van der Waals surface area contributed by atoms with Crippen molar-refractivity contribution in [1.82, 2.24) is 10.2 Å². The van der Waals surface area contributed by atoms with E-state index < -0.39 is 0 Å². The minimum atomic E-state index is -0.318. The maximum absolute atomic E-state index is 12.3. The Kier molecular flexibility index (Phi) is 6.58. The van der Waals surface area contributed by atoms with E-state index in [2.05, 4.69) is 40.7 Å². The molecule has 2 aromatic rings. The molecule has 0 fully saturated rings. The van der Waals surface area contributed by atoms with E-state index in [0.717, 1.165) is 16.0 Å². The zero-order valence-corrected chi connectivity index (χ0v) is 15.4. The van der Waals surface area contributed by atoms with E-state index in [-0.39, 0.29) is 11.2 Å². The molecule has 6 nitrogen and oxygen atoms in total. The predicted octanol–water partition coefficient (Wildman–Crippen LogP) is 3.60. The van der Waals surface area contributed by atoms with Gasteiger partial charge in [0.05, 0.1) is 16.9 Å². The third kappa shape index (κ3) is 5.51. The quantitative estimate of drug-likeness (QED) is 0.732. The molecule has 0 aliphatic carbocycles. The van der Waals surface area contributed by atoms with Crippen LogP contribution in [-0.4, -0.2) is 27.9 Å². The van der Waals surface area contributed by atoms with Gasteiger partial charge in [-0.3, -0.25) is 4.79 Å². The number of nitrogens with zero attached hydrogens (tertiary/aromatic N) is 3. The molecule has 0 unspecified atom stereocenters. The van der Waals surface area contributed by atoms with Crippen LogP contribution in [0.4, 0.5) is 10.8 Å². The van der Waals surface area contributed by atoms with Gasteiger partial charge in [0, 0.05) is 12.2 Å². The van der Waals surface area contributed by atoms with Crippen molar-refractivity contribution in [1.29, 1.82) is 5.26 Å². The second-order valence-electron chi connectivity index (χ2n) is 5.59. The number of amides is 1. The van der Waals surface area contributed by atoms with Crippen molar-refractivity contribution < 1.29 is 4.79 Å². The topological polar surface area (TPSA) is 90.7 Å². The van der Waals surface area contributed by atoms with Crippen molar-refractivity contribution in [3.63, 3.8) is 0 Å². The lowest BCUT2D eigenvalue weighted by molar-refractivity contribution is -0.115. The Balaban J connectivity index is 1.90. The van der Waals surface area contributed by atoms with Crippen LogP contribution in [0, 0.1) is 17.2 Å². The van der Waals surface area contributed by atoms with Gasteiger partial charge in [0.25, 0.3) is 0 Å². The first-order valence-corrected chi connectivity index (χ1v) is 9.22. The van der Waals surface area contributed by atoms with Crippen LogP contribution in [0.25, 0.3) is 0 Å². The predicted molar refractivity (Wildman–Crippen MR) is 98.3 cm³/mol. The molecule has 8 heteroatoms. The zero-order valence-electron chi connectivity index (χ0n) is 13.7. The van der Waals surface area contributed by atoms with E-state index in [4.69, 9.17) is 5.26 Å². The molecule has 0 aliphatic heterocycles. The van der Waals surface area contributed by atoms with Gasteiger partial charge in [-0.15, -0.1) is 10.2 Å². The van der Waals surface area contributed by atoms with E-state index in [0.29, 0.717) is 17.2 Å². The van der Waals surface area contributed by atoms with Gasteiger partial charge < -0.3 is 10.6 Å². The number of hydrogen-bond donors (Lipinski definition) is 2. The molecule has 1 heterocycles. The van der Waals surface area contributed by atoms with E-state index in [1.807, 2.05) is 6.92 Å². The van der Waals surface area contributed by atoms with Crippen LogP contribution < -0.4 is 10.6 Å². The molecule has 1 aromatic carbocycles. The average molecular weight is 361 g/mol. The zero-order chi connectivity index (χ0) is 17.5. The standard InChI is InChI=1S/C16H19N5OS2/c1-10(2)9-18-15-20-21-16(24-15)23-11(3)14(22)19-13-6-4-5-12(7-13)8-17/h4-7,10-11H,9H2,1-3H3,(H,18,20)(H,19,22)/t11-/m1/s1. The molecule has 0 spiro atoms. The molecule has 126 valence electrons. The number of carbonyl (C=O) groups excluding carboxylic acids is 1. The Morgan fingerprint density at radius 1 is 1.38 bits per heavy atom. The molecule has 2 rings (SSSR count). The highest BCUT2D eigenvalue weighted by atomic mass is 32.2. The number of rotatable bonds is 7. The Morgan fingerprint density at radius 2 is 2.17 bits per heavy atom. The fourth-order valence-corrected chi connectivity index (χ4v) is 3.64.